The fourth-order valence-electron chi connectivity index (χ4n) is 2.16. The molecule has 3 rings (SSSR count). The van der Waals surface area contributed by atoms with Gasteiger partial charge in [-0.1, -0.05) is 0 Å². The van der Waals surface area contributed by atoms with Gasteiger partial charge in [-0.2, -0.15) is 14.4 Å². The van der Waals surface area contributed by atoms with Gasteiger partial charge >= 0.3 is 6.08 Å². The van der Waals surface area contributed by atoms with Crippen LogP contribution >= 0.6 is 0 Å². The quantitative estimate of drug-likeness (QED) is 0.755. The minimum atomic E-state index is -1.34. The lowest BCUT2D eigenvalue weighted by atomic mass is 10.2. The Labute approximate surface area is 106 Å². The van der Waals surface area contributed by atoms with Crippen molar-refractivity contribution in [3.05, 3.63) is 12.4 Å². The van der Waals surface area contributed by atoms with Crippen molar-refractivity contribution < 1.29 is 18.6 Å². The summed E-state index contributed by atoms with van der Waals surface area (Å²) in [5, 5.41) is 8.98. The molecule has 1 aliphatic rings. The molecule has 3 N–H and O–H groups in total. The van der Waals surface area contributed by atoms with Gasteiger partial charge in [0.25, 0.3) is 0 Å². The number of hydrogen-bond donors (Lipinski definition) is 2. The Kier molecular flexibility index (Phi) is 2.79. The molecule has 0 unspecified atom stereocenters. The van der Waals surface area contributed by atoms with E-state index in [1.54, 1.807) is 0 Å². The van der Waals surface area contributed by atoms with Crippen molar-refractivity contribution in [1.82, 2.24) is 19.5 Å². The predicted octanol–water partition coefficient (Wildman–Crippen LogP) is 0.165. The van der Waals surface area contributed by atoms with Crippen molar-refractivity contribution in [3.8, 4) is 0 Å². The highest BCUT2D eigenvalue weighted by molar-refractivity contribution is 5.81. The number of rotatable bonds is 2. The van der Waals surface area contributed by atoms with Crippen LogP contribution in [-0.4, -0.2) is 43.5 Å². The lowest BCUT2D eigenvalue weighted by Crippen LogP contribution is -2.17. The predicted molar refractivity (Wildman–Crippen MR) is 60.2 cm³/mol. The Balaban J connectivity index is 2.06. The topological polar surface area (TPSA) is 99.1 Å². The number of nitrogens with zero attached hydrogens (tertiary/aromatic N) is 4. The highest BCUT2D eigenvalue weighted by atomic mass is 19.1. The molecule has 3 heterocycles. The third-order valence-electron chi connectivity index (χ3n) is 3.03. The van der Waals surface area contributed by atoms with Crippen LogP contribution in [0.2, 0.25) is 0 Å². The zero-order valence-corrected chi connectivity index (χ0v) is 9.70. The number of aliphatic hydroxyl groups is 1. The molecule has 1 aliphatic heterocycles. The second kappa shape index (κ2) is 4.35. The molecule has 9 heteroatoms. The van der Waals surface area contributed by atoms with Crippen molar-refractivity contribution in [3.63, 3.8) is 0 Å². The molecule has 0 amide bonds. The smallest absolute Gasteiger partial charge is 0.312 e. The van der Waals surface area contributed by atoms with Crippen LogP contribution in [0.3, 0.4) is 0 Å². The lowest BCUT2D eigenvalue weighted by Gasteiger charge is -2.15. The first-order valence-corrected chi connectivity index (χ1v) is 5.66. The number of imidazole rings is 1. The number of halogens is 2. The number of hydrogen-bond acceptors (Lipinski definition) is 6. The van der Waals surface area contributed by atoms with Crippen LogP contribution < -0.4 is 5.73 Å². The average Bonchev–Trinajstić information content (AvgIpc) is 2.92. The summed E-state index contributed by atoms with van der Waals surface area (Å²) in [6.07, 6.45) is -2.62. The van der Waals surface area contributed by atoms with Crippen molar-refractivity contribution in [2.75, 3.05) is 12.3 Å². The first kappa shape index (κ1) is 12.2. The first-order chi connectivity index (χ1) is 9.10. The standard InChI is InChI=1S/C10H11F2N5O2/c11-5-1-4(2-18)19-9(5)17-3-14-6-7(13)15-10(12)16-8(6)17/h3-5,9,18H,1-2H2,(H2,13,15,16)/t4-,5+,9+/m0/s1. The normalized spacial score (nSPS) is 27.2. The van der Waals surface area contributed by atoms with Crippen LogP contribution in [0.5, 0.6) is 0 Å². The van der Waals surface area contributed by atoms with Gasteiger partial charge < -0.3 is 15.6 Å². The van der Waals surface area contributed by atoms with Crippen LogP contribution in [0.15, 0.2) is 6.33 Å². The van der Waals surface area contributed by atoms with E-state index in [0.717, 1.165) is 0 Å². The minimum absolute atomic E-state index is 0.0594. The summed E-state index contributed by atoms with van der Waals surface area (Å²) in [5.41, 5.74) is 5.77. The van der Waals surface area contributed by atoms with Gasteiger partial charge in [-0.25, -0.2) is 9.37 Å². The van der Waals surface area contributed by atoms with E-state index in [9.17, 15) is 8.78 Å². The number of anilines is 1. The maximum Gasteiger partial charge on any atom is 0.312 e. The van der Waals surface area contributed by atoms with Crippen molar-refractivity contribution >= 4 is 17.0 Å². The fraction of sp³-hybridized carbons (Fsp3) is 0.500. The number of nitrogen functional groups attached to an aromatic ring is 1. The fourth-order valence-corrected chi connectivity index (χ4v) is 2.16. The summed E-state index contributed by atoms with van der Waals surface area (Å²) in [6.45, 7) is -0.283. The van der Waals surface area contributed by atoms with Gasteiger partial charge in [0, 0.05) is 6.42 Å². The molecule has 0 spiro atoms. The molecule has 0 aromatic carbocycles. The minimum Gasteiger partial charge on any atom is -0.394 e. The van der Waals surface area contributed by atoms with Gasteiger partial charge in [-0.3, -0.25) is 4.57 Å². The summed E-state index contributed by atoms with van der Waals surface area (Å²) in [4.78, 5) is 10.8. The Morgan fingerprint density at radius 1 is 1.53 bits per heavy atom. The van der Waals surface area contributed by atoms with Gasteiger partial charge in [0.1, 0.15) is 6.17 Å². The van der Waals surface area contributed by atoms with Crippen LogP contribution in [-0.2, 0) is 4.74 Å². The SMILES string of the molecule is Nc1nc(F)nc2c1ncn2[C@@H]1O[C@H](CO)C[C@H]1F. The van der Waals surface area contributed by atoms with Crippen LogP contribution in [0, 0.1) is 6.08 Å². The van der Waals surface area contributed by atoms with Gasteiger partial charge in [0.2, 0.25) is 0 Å². The molecule has 7 nitrogen and oxygen atoms in total. The third-order valence-corrected chi connectivity index (χ3v) is 3.03. The maximum atomic E-state index is 13.9. The highest BCUT2D eigenvalue weighted by Gasteiger charge is 2.37. The summed E-state index contributed by atoms with van der Waals surface area (Å²) in [5.74, 6) is -0.117. The van der Waals surface area contributed by atoms with Gasteiger partial charge in [0.05, 0.1) is 19.0 Å². The van der Waals surface area contributed by atoms with E-state index in [0.29, 0.717) is 0 Å². The Morgan fingerprint density at radius 3 is 3.00 bits per heavy atom. The second-order valence-corrected chi connectivity index (χ2v) is 4.28. The van der Waals surface area contributed by atoms with Gasteiger partial charge in [0.15, 0.2) is 23.2 Å². The molecule has 2 aromatic heterocycles. The van der Waals surface area contributed by atoms with Crippen molar-refractivity contribution in [2.45, 2.75) is 24.9 Å². The molecule has 1 fully saturated rings. The number of aliphatic hydroxyl groups excluding tert-OH is 1. The average molecular weight is 271 g/mol. The number of alkyl halides is 1. The zero-order chi connectivity index (χ0) is 13.6. The van der Waals surface area contributed by atoms with Crippen LogP contribution in [0.4, 0.5) is 14.6 Å². The maximum absolute atomic E-state index is 13.9. The van der Waals surface area contributed by atoms with Gasteiger partial charge in [-0.05, 0) is 0 Å². The zero-order valence-electron chi connectivity index (χ0n) is 9.70. The summed E-state index contributed by atoms with van der Waals surface area (Å²) in [6, 6.07) is 0. The molecule has 19 heavy (non-hydrogen) atoms. The van der Waals surface area contributed by atoms with E-state index in [-0.39, 0.29) is 30.0 Å². The van der Waals surface area contributed by atoms with E-state index < -0.39 is 24.6 Å². The van der Waals surface area contributed by atoms with E-state index >= 15 is 0 Å². The third kappa shape index (κ3) is 1.90. The van der Waals surface area contributed by atoms with Crippen LogP contribution in [0.1, 0.15) is 12.6 Å². The summed E-state index contributed by atoms with van der Waals surface area (Å²) >= 11 is 0. The molecule has 0 bridgehead atoms. The first-order valence-electron chi connectivity index (χ1n) is 5.66. The van der Waals surface area contributed by atoms with E-state index in [1.165, 1.54) is 10.9 Å². The highest BCUT2D eigenvalue weighted by Crippen LogP contribution is 2.33. The molecule has 0 radical (unpaired) electrons. The molecular weight excluding hydrogens is 260 g/mol. The Hall–Kier alpha value is -1.87. The molecule has 3 atom stereocenters. The number of ether oxygens (including phenoxy) is 1. The van der Waals surface area contributed by atoms with Crippen molar-refractivity contribution in [1.29, 1.82) is 0 Å². The molecule has 0 saturated carbocycles. The van der Waals surface area contributed by atoms with Crippen LogP contribution in [0.25, 0.3) is 11.2 Å². The molecule has 1 saturated heterocycles. The number of fused-ring (bicyclic) bond motifs is 1. The van der Waals surface area contributed by atoms with Gasteiger partial charge in [-0.15, -0.1) is 0 Å². The van der Waals surface area contributed by atoms with E-state index in [4.69, 9.17) is 15.6 Å². The Bertz CT molecular complexity index is 619. The van der Waals surface area contributed by atoms with Crippen molar-refractivity contribution in [2.24, 2.45) is 0 Å². The largest absolute Gasteiger partial charge is 0.394 e. The molecular formula is C10H11F2N5O2. The second-order valence-electron chi connectivity index (χ2n) is 4.28. The summed E-state index contributed by atoms with van der Waals surface area (Å²) < 4.78 is 33.6. The van der Waals surface area contributed by atoms with E-state index in [1.807, 2.05) is 0 Å². The van der Waals surface area contributed by atoms with E-state index in [2.05, 4.69) is 15.0 Å². The molecule has 2 aromatic rings. The summed E-state index contributed by atoms with van der Waals surface area (Å²) in [7, 11) is 0. The number of aromatic nitrogens is 4. The molecule has 102 valence electrons. The lowest BCUT2D eigenvalue weighted by molar-refractivity contribution is -0.0351. The number of nitrogens with two attached hydrogens (primary N) is 1. The molecule has 0 aliphatic carbocycles. The monoisotopic (exact) mass is 271 g/mol. The Morgan fingerprint density at radius 2 is 2.32 bits per heavy atom.